The first kappa shape index (κ1) is 19.8. The monoisotopic (exact) mass is 405 g/mol. The molecule has 2 rings (SSSR count). The number of rotatable bonds is 8. The topological polar surface area (TPSA) is 80.3 Å². The van der Waals surface area contributed by atoms with E-state index in [0.717, 1.165) is 18.2 Å². The summed E-state index contributed by atoms with van der Waals surface area (Å²) in [6, 6.07) is 11.8. The molecule has 0 aliphatic heterocycles. The summed E-state index contributed by atoms with van der Waals surface area (Å²) >= 11 is 5.57. The largest absolute Gasteiger partial charge is 0.240 e. The fraction of sp³-hybridized carbons (Fsp3) is 0.250. The van der Waals surface area contributed by atoms with Crippen LogP contribution in [0.4, 0.5) is 4.39 Å². The molecule has 0 aliphatic rings. The Morgan fingerprint density at radius 3 is 2.32 bits per heavy atom. The van der Waals surface area contributed by atoms with Gasteiger partial charge in [-0.3, -0.25) is 0 Å². The summed E-state index contributed by atoms with van der Waals surface area (Å²) in [6.45, 7) is -0.0502. The fourth-order valence-corrected chi connectivity index (χ4v) is 4.90. The first-order chi connectivity index (χ1) is 11.7. The van der Waals surface area contributed by atoms with E-state index in [1.807, 2.05) is 0 Å². The summed E-state index contributed by atoms with van der Waals surface area (Å²) in [7, 11) is -7.21. The molecule has 2 aromatic carbocycles. The second kappa shape index (κ2) is 8.27. The van der Waals surface area contributed by atoms with E-state index in [0.29, 0.717) is 5.56 Å². The maximum atomic E-state index is 13.1. The van der Waals surface area contributed by atoms with Gasteiger partial charge in [0.2, 0.25) is 10.0 Å². The highest BCUT2D eigenvalue weighted by Crippen LogP contribution is 2.19. The Kier molecular flexibility index (Phi) is 6.56. The molecule has 0 spiro atoms. The number of sulfonamides is 1. The average molecular weight is 406 g/mol. The average Bonchev–Trinajstić information content (AvgIpc) is 2.55. The minimum Gasteiger partial charge on any atom is -0.228 e. The quantitative estimate of drug-likeness (QED) is 0.685. The Morgan fingerprint density at radius 1 is 1.00 bits per heavy atom. The smallest absolute Gasteiger partial charge is 0.228 e. The molecule has 0 saturated heterocycles. The van der Waals surface area contributed by atoms with Crippen LogP contribution in [-0.4, -0.2) is 29.1 Å². The van der Waals surface area contributed by atoms with E-state index >= 15 is 0 Å². The van der Waals surface area contributed by atoms with Crippen LogP contribution in [0.3, 0.4) is 0 Å². The van der Waals surface area contributed by atoms with Gasteiger partial charge in [0.25, 0.3) is 0 Å². The van der Waals surface area contributed by atoms with Crippen molar-refractivity contribution in [1.29, 1.82) is 0 Å². The van der Waals surface area contributed by atoms with Gasteiger partial charge in [0.05, 0.1) is 21.4 Å². The van der Waals surface area contributed by atoms with Crippen LogP contribution in [0.25, 0.3) is 0 Å². The summed E-state index contributed by atoms with van der Waals surface area (Å²) in [5, 5.41) is -0.298. The molecule has 0 bridgehead atoms. The van der Waals surface area contributed by atoms with E-state index in [1.54, 1.807) is 30.3 Å². The number of nitrogens with one attached hydrogen (secondary N) is 1. The minimum absolute atomic E-state index is 0.0502. The van der Waals surface area contributed by atoms with Crippen molar-refractivity contribution < 1.29 is 21.2 Å². The van der Waals surface area contributed by atoms with Crippen LogP contribution in [0.2, 0.25) is 5.02 Å². The van der Waals surface area contributed by atoms with Crippen LogP contribution in [-0.2, 0) is 25.6 Å². The van der Waals surface area contributed by atoms with Crippen molar-refractivity contribution in [3.05, 3.63) is 64.9 Å². The van der Waals surface area contributed by atoms with Gasteiger partial charge in [0.1, 0.15) is 5.82 Å². The molecule has 0 radical (unpaired) electrons. The van der Waals surface area contributed by atoms with Crippen molar-refractivity contribution in [3.63, 3.8) is 0 Å². The Morgan fingerprint density at radius 2 is 1.68 bits per heavy atom. The van der Waals surface area contributed by atoms with Gasteiger partial charge in [-0.2, -0.15) is 0 Å². The molecule has 0 amide bonds. The number of sulfone groups is 1. The van der Waals surface area contributed by atoms with Gasteiger partial charge < -0.3 is 0 Å². The van der Waals surface area contributed by atoms with Gasteiger partial charge in [0, 0.05) is 6.54 Å². The van der Waals surface area contributed by atoms with Crippen LogP contribution in [0.1, 0.15) is 12.0 Å². The molecule has 25 heavy (non-hydrogen) atoms. The second-order valence-corrected chi connectivity index (χ2v) is 9.76. The summed E-state index contributed by atoms with van der Waals surface area (Å²) in [5.74, 6) is -0.949. The van der Waals surface area contributed by atoms with Gasteiger partial charge in [-0.15, -0.1) is 0 Å². The third kappa shape index (κ3) is 6.07. The van der Waals surface area contributed by atoms with Crippen molar-refractivity contribution in [3.8, 4) is 0 Å². The van der Waals surface area contributed by atoms with Crippen molar-refractivity contribution >= 4 is 31.5 Å². The lowest BCUT2D eigenvalue weighted by Gasteiger charge is -2.08. The molecule has 0 atom stereocenters. The maximum Gasteiger partial charge on any atom is 0.240 e. The lowest BCUT2D eigenvalue weighted by atomic mass is 10.2. The van der Waals surface area contributed by atoms with Gasteiger partial charge >= 0.3 is 0 Å². The summed E-state index contributed by atoms with van der Waals surface area (Å²) in [5.41, 5.74) is 0.684. The molecule has 0 saturated carbocycles. The van der Waals surface area contributed by atoms with Crippen LogP contribution in [0.5, 0.6) is 0 Å². The minimum atomic E-state index is -3.87. The lowest BCUT2D eigenvalue weighted by molar-refractivity contribution is 0.575. The van der Waals surface area contributed by atoms with Crippen LogP contribution >= 0.6 is 11.6 Å². The van der Waals surface area contributed by atoms with E-state index < -0.39 is 25.7 Å². The van der Waals surface area contributed by atoms with Crippen molar-refractivity contribution in [2.24, 2.45) is 0 Å². The zero-order valence-electron chi connectivity index (χ0n) is 13.2. The van der Waals surface area contributed by atoms with Gasteiger partial charge in [-0.05, 0) is 30.2 Å². The predicted molar refractivity (Wildman–Crippen MR) is 95.1 cm³/mol. The Hall–Kier alpha value is -1.48. The molecule has 2 aromatic rings. The highest BCUT2D eigenvalue weighted by Gasteiger charge is 2.17. The Balaban J connectivity index is 1.88. The summed E-state index contributed by atoms with van der Waals surface area (Å²) in [4.78, 5) is -0.175. The molecule has 5 nitrogen and oxygen atoms in total. The molecule has 9 heteroatoms. The second-order valence-electron chi connectivity index (χ2n) is 5.40. The first-order valence-corrected chi connectivity index (χ1v) is 11.1. The molecule has 0 unspecified atom stereocenters. The highest BCUT2D eigenvalue weighted by molar-refractivity contribution is 7.90. The number of hydrogen-bond donors (Lipinski definition) is 1. The van der Waals surface area contributed by atoms with E-state index in [-0.39, 0.29) is 34.4 Å². The Bertz CT molecular complexity index is 932. The van der Waals surface area contributed by atoms with Gasteiger partial charge in [0.15, 0.2) is 9.84 Å². The summed E-state index contributed by atoms with van der Waals surface area (Å²) in [6.07, 6.45) is 0.128. The number of benzene rings is 2. The van der Waals surface area contributed by atoms with E-state index in [1.165, 1.54) is 0 Å². The van der Waals surface area contributed by atoms with Gasteiger partial charge in [-0.1, -0.05) is 41.9 Å². The molecule has 0 aliphatic carbocycles. The molecule has 1 N–H and O–H groups in total. The number of hydrogen-bond acceptors (Lipinski definition) is 4. The predicted octanol–water partition coefficient (Wildman–Crippen LogP) is 2.76. The third-order valence-corrected chi connectivity index (χ3v) is 6.79. The highest BCUT2D eigenvalue weighted by atomic mass is 35.5. The SMILES string of the molecule is O=S(=O)(CCCNS(=O)(=O)c1ccc(F)c(Cl)c1)Cc1ccccc1. The van der Waals surface area contributed by atoms with Crippen molar-refractivity contribution in [2.45, 2.75) is 17.1 Å². The van der Waals surface area contributed by atoms with Gasteiger partial charge in [-0.25, -0.2) is 25.9 Å². The van der Waals surface area contributed by atoms with Crippen molar-refractivity contribution in [1.82, 2.24) is 4.72 Å². The van der Waals surface area contributed by atoms with Crippen LogP contribution in [0, 0.1) is 5.82 Å². The zero-order chi connectivity index (χ0) is 18.5. The molecule has 136 valence electrons. The maximum absolute atomic E-state index is 13.1. The molecule has 0 heterocycles. The van der Waals surface area contributed by atoms with Crippen molar-refractivity contribution in [2.75, 3.05) is 12.3 Å². The van der Waals surface area contributed by atoms with E-state index in [9.17, 15) is 21.2 Å². The Labute approximate surface area is 151 Å². The lowest BCUT2D eigenvalue weighted by Crippen LogP contribution is -2.26. The molecular weight excluding hydrogens is 389 g/mol. The fourth-order valence-electron chi connectivity index (χ4n) is 2.13. The standard InChI is InChI=1S/C16H17ClFNO4S2/c17-15-11-14(7-8-16(15)18)25(22,23)19-9-4-10-24(20,21)12-13-5-2-1-3-6-13/h1-3,5-8,11,19H,4,9-10,12H2. The van der Waals surface area contributed by atoms with E-state index in [4.69, 9.17) is 11.6 Å². The van der Waals surface area contributed by atoms with E-state index in [2.05, 4.69) is 4.72 Å². The molecular formula is C16H17ClFNO4S2. The normalized spacial score (nSPS) is 12.2. The molecule has 0 aromatic heterocycles. The van der Waals surface area contributed by atoms with Crippen LogP contribution < -0.4 is 4.72 Å². The first-order valence-electron chi connectivity index (χ1n) is 7.39. The zero-order valence-corrected chi connectivity index (χ0v) is 15.5. The third-order valence-electron chi connectivity index (χ3n) is 3.35. The molecule has 0 fully saturated rings. The summed E-state index contributed by atoms with van der Waals surface area (Å²) < 4.78 is 63.6. The number of halogens is 2. The van der Waals surface area contributed by atoms with Crippen LogP contribution in [0.15, 0.2) is 53.4 Å².